The predicted octanol–water partition coefficient (Wildman–Crippen LogP) is 8.16. The van der Waals surface area contributed by atoms with Crippen LogP contribution in [-0.4, -0.2) is 46.2 Å². The summed E-state index contributed by atoms with van der Waals surface area (Å²) < 4.78 is 0. The highest BCUT2D eigenvalue weighted by Crippen LogP contribution is 2.16. The van der Waals surface area contributed by atoms with Gasteiger partial charge in [-0.2, -0.15) is 0 Å². The quantitative estimate of drug-likeness (QED) is 0.128. The van der Waals surface area contributed by atoms with E-state index in [4.69, 9.17) is 5.11 Å². The number of nitrogens with zero attached hydrogens (tertiary/aromatic N) is 1. The van der Waals surface area contributed by atoms with Gasteiger partial charge in [-0.15, -0.1) is 0 Å². The fraction of sp³-hybridized carbons (Fsp3) is 0.931. The summed E-state index contributed by atoms with van der Waals surface area (Å²) >= 11 is 0. The van der Waals surface area contributed by atoms with Crippen LogP contribution in [0.1, 0.15) is 143 Å². The molecule has 0 aliphatic rings. The maximum Gasteiger partial charge on any atom is 0.320 e. The van der Waals surface area contributed by atoms with Crippen molar-refractivity contribution in [2.75, 3.05) is 13.1 Å². The van der Waals surface area contributed by atoms with Crippen molar-refractivity contribution < 1.29 is 19.8 Å². The molecule has 0 aromatic rings. The molecule has 0 rings (SSSR count). The van der Waals surface area contributed by atoms with Crippen molar-refractivity contribution in [1.29, 1.82) is 0 Å². The van der Waals surface area contributed by atoms with Crippen LogP contribution < -0.4 is 0 Å². The molecule has 0 fully saturated rings. The number of aliphatic carboxylic acids is 2. The van der Waals surface area contributed by atoms with Crippen molar-refractivity contribution >= 4 is 11.9 Å². The molecule has 5 nitrogen and oxygen atoms in total. The summed E-state index contributed by atoms with van der Waals surface area (Å²) in [6.45, 7) is 10.2. The van der Waals surface area contributed by atoms with Gasteiger partial charge in [0.05, 0.1) is 0 Å². The van der Waals surface area contributed by atoms with Gasteiger partial charge in [-0.1, -0.05) is 124 Å². The molecule has 0 radical (unpaired) electrons. The van der Waals surface area contributed by atoms with Crippen molar-refractivity contribution in [3.63, 3.8) is 0 Å². The van der Waals surface area contributed by atoms with Crippen molar-refractivity contribution in [2.24, 2.45) is 11.8 Å². The third-order valence-electron chi connectivity index (χ3n) is 6.68. The fourth-order valence-electron chi connectivity index (χ4n) is 4.73. The number of carbonyl (C=O) groups is 2. The van der Waals surface area contributed by atoms with E-state index in [0.29, 0.717) is 12.5 Å². The molecule has 0 saturated carbocycles. The van der Waals surface area contributed by atoms with Gasteiger partial charge in [0.1, 0.15) is 6.04 Å². The van der Waals surface area contributed by atoms with Crippen LogP contribution in [0.25, 0.3) is 0 Å². The first-order chi connectivity index (χ1) is 16.2. The number of rotatable bonds is 25. The first-order valence-electron chi connectivity index (χ1n) is 14.4. The SMILES string of the molecule is CC(C)CCCCCCCCCCCCCCCCCN(CC(C)C)[C@@H](CCC(=O)O)C(=O)O. The Hall–Kier alpha value is -1.10. The Morgan fingerprint density at radius 1 is 0.588 bits per heavy atom. The van der Waals surface area contributed by atoms with E-state index in [-0.39, 0.29) is 12.8 Å². The fourth-order valence-corrected chi connectivity index (χ4v) is 4.73. The molecule has 0 spiro atoms. The molecule has 0 heterocycles. The predicted molar refractivity (Wildman–Crippen MR) is 143 cm³/mol. The zero-order valence-electron chi connectivity index (χ0n) is 23.0. The van der Waals surface area contributed by atoms with Gasteiger partial charge in [-0.25, -0.2) is 0 Å². The Bertz CT molecular complexity index is 493. The second-order valence-electron chi connectivity index (χ2n) is 11.2. The highest BCUT2D eigenvalue weighted by atomic mass is 16.4. The molecule has 0 saturated heterocycles. The van der Waals surface area contributed by atoms with Gasteiger partial charge >= 0.3 is 11.9 Å². The first kappa shape index (κ1) is 32.9. The Labute approximate surface area is 211 Å². The molecule has 0 amide bonds. The average molecular weight is 484 g/mol. The molecule has 0 unspecified atom stereocenters. The highest BCUT2D eigenvalue weighted by molar-refractivity contribution is 5.75. The van der Waals surface area contributed by atoms with Gasteiger partial charge in [0, 0.05) is 13.0 Å². The number of carboxylic acids is 2. The molecule has 34 heavy (non-hydrogen) atoms. The smallest absolute Gasteiger partial charge is 0.320 e. The van der Waals surface area contributed by atoms with E-state index >= 15 is 0 Å². The lowest BCUT2D eigenvalue weighted by Crippen LogP contribution is -2.44. The van der Waals surface area contributed by atoms with E-state index < -0.39 is 18.0 Å². The first-order valence-corrected chi connectivity index (χ1v) is 14.4. The van der Waals surface area contributed by atoms with E-state index in [1.807, 2.05) is 4.90 Å². The lowest BCUT2D eigenvalue weighted by molar-refractivity contribution is -0.144. The van der Waals surface area contributed by atoms with Gasteiger partial charge in [-0.05, 0) is 31.2 Å². The van der Waals surface area contributed by atoms with Crippen molar-refractivity contribution in [3.8, 4) is 0 Å². The lowest BCUT2D eigenvalue weighted by Gasteiger charge is -2.30. The minimum Gasteiger partial charge on any atom is -0.481 e. The zero-order valence-corrected chi connectivity index (χ0v) is 23.0. The van der Waals surface area contributed by atoms with Gasteiger partial charge in [0.25, 0.3) is 0 Å². The monoisotopic (exact) mass is 483 g/mol. The van der Waals surface area contributed by atoms with Gasteiger partial charge in [0.2, 0.25) is 0 Å². The standard InChI is InChI=1S/C29H57NO4/c1-25(2)20-18-16-14-12-10-8-6-5-7-9-11-13-15-17-19-23-30(24-26(3)4)27(29(33)34)21-22-28(31)32/h25-27H,5-24H2,1-4H3,(H,31,32)(H,33,34)/t27-/m0/s1. The molecule has 0 aliphatic carbocycles. The van der Waals surface area contributed by atoms with Crippen LogP contribution in [0.4, 0.5) is 0 Å². The topological polar surface area (TPSA) is 77.8 Å². The third kappa shape index (κ3) is 21.4. The van der Waals surface area contributed by atoms with E-state index in [2.05, 4.69) is 27.7 Å². The largest absolute Gasteiger partial charge is 0.481 e. The Kier molecular flexibility index (Phi) is 21.6. The van der Waals surface area contributed by atoms with Gasteiger partial charge in [0.15, 0.2) is 0 Å². The maximum atomic E-state index is 11.7. The molecule has 0 aliphatic heterocycles. The van der Waals surface area contributed by atoms with Crippen LogP contribution in [0.5, 0.6) is 0 Å². The number of carboxylic acid groups (broad SMARTS) is 2. The van der Waals surface area contributed by atoms with Crippen LogP contribution in [0.15, 0.2) is 0 Å². The van der Waals surface area contributed by atoms with E-state index in [0.717, 1.165) is 25.3 Å². The Balaban J connectivity index is 3.72. The normalized spacial score (nSPS) is 12.7. The minimum atomic E-state index is -0.928. The maximum absolute atomic E-state index is 11.7. The van der Waals surface area contributed by atoms with E-state index in [1.165, 1.54) is 89.9 Å². The molecule has 0 bridgehead atoms. The Morgan fingerprint density at radius 3 is 1.35 bits per heavy atom. The summed E-state index contributed by atoms with van der Waals surface area (Å²) in [6, 6.07) is -0.691. The molecular formula is C29H57NO4. The summed E-state index contributed by atoms with van der Waals surface area (Å²) in [5.41, 5.74) is 0. The second-order valence-corrected chi connectivity index (χ2v) is 11.2. The van der Waals surface area contributed by atoms with Crippen LogP contribution in [0.2, 0.25) is 0 Å². The summed E-state index contributed by atoms with van der Waals surface area (Å²) in [7, 11) is 0. The van der Waals surface area contributed by atoms with E-state index in [1.54, 1.807) is 0 Å². The van der Waals surface area contributed by atoms with Crippen LogP contribution in [0.3, 0.4) is 0 Å². The van der Waals surface area contributed by atoms with Gasteiger partial charge < -0.3 is 10.2 Å². The summed E-state index contributed by atoms with van der Waals surface area (Å²) in [4.78, 5) is 24.6. The second kappa shape index (κ2) is 22.4. The van der Waals surface area contributed by atoms with Crippen molar-refractivity contribution in [1.82, 2.24) is 4.90 Å². The molecule has 202 valence electrons. The summed E-state index contributed by atoms with van der Waals surface area (Å²) in [5.74, 6) is -0.610. The van der Waals surface area contributed by atoms with Crippen LogP contribution in [-0.2, 0) is 9.59 Å². The minimum absolute atomic E-state index is 0.0933. The summed E-state index contributed by atoms with van der Waals surface area (Å²) in [5, 5.41) is 18.5. The Morgan fingerprint density at radius 2 is 1.00 bits per heavy atom. The molecule has 5 heteroatoms. The average Bonchev–Trinajstić information content (AvgIpc) is 2.74. The number of hydrogen-bond donors (Lipinski definition) is 2. The molecule has 2 N–H and O–H groups in total. The third-order valence-corrected chi connectivity index (χ3v) is 6.68. The van der Waals surface area contributed by atoms with Gasteiger partial charge in [-0.3, -0.25) is 14.5 Å². The number of unbranched alkanes of at least 4 members (excludes halogenated alkanes) is 14. The molecule has 0 aromatic carbocycles. The van der Waals surface area contributed by atoms with Crippen molar-refractivity contribution in [2.45, 2.75) is 149 Å². The van der Waals surface area contributed by atoms with Crippen LogP contribution >= 0.6 is 0 Å². The van der Waals surface area contributed by atoms with Crippen molar-refractivity contribution in [3.05, 3.63) is 0 Å². The molecule has 1 atom stereocenters. The highest BCUT2D eigenvalue weighted by Gasteiger charge is 2.26. The lowest BCUT2D eigenvalue weighted by atomic mass is 10.0. The van der Waals surface area contributed by atoms with E-state index in [9.17, 15) is 14.7 Å². The molecular weight excluding hydrogens is 426 g/mol. The zero-order chi connectivity index (χ0) is 25.6. The summed E-state index contributed by atoms with van der Waals surface area (Å²) in [6.07, 6.45) is 21.3. The molecule has 0 aromatic heterocycles. The van der Waals surface area contributed by atoms with Crippen LogP contribution in [0, 0.1) is 11.8 Å². The number of hydrogen-bond acceptors (Lipinski definition) is 3.